The Bertz CT molecular complexity index is 301. The van der Waals surface area contributed by atoms with E-state index in [0.717, 1.165) is 12.8 Å². The van der Waals surface area contributed by atoms with Gasteiger partial charge in [0.2, 0.25) is 5.91 Å². The van der Waals surface area contributed by atoms with Crippen molar-refractivity contribution in [3.05, 3.63) is 0 Å². The van der Waals surface area contributed by atoms with Gasteiger partial charge in [-0.2, -0.15) is 0 Å². The van der Waals surface area contributed by atoms with Gasteiger partial charge < -0.3 is 19.9 Å². The third kappa shape index (κ3) is 5.16. The van der Waals surface area contributed by atoms with Gasteiger partial charge >= 0.3 is 5.97 Å². The topological polar surface area (TPSA) is 84.9 Å². The maximum Gasteiger partial charge on any atom is 0.326 e. The predicted molar refractivity (Wildman–Crippen MR) is 68.8 cm³/mol. The molecule has 1 heterocycles. The van der Waals surface area contributed by atoms with Gasteiger partial charge in [-0.3, -0.25) is 4.79 Å². The highest BCUT2D eigenvalue weighted by molar-refractivity contribution is 5.84. The molecule has 0 aromatic rings. The molecular formula is C13H23NO5. The standard InChI is InChI=1S/C13H23NO5/c1-9(10-3-7-19-8-4-10)12(15)14-11(13(16)17)5-6-18-2/h9-11H,3-8H2,1-2H3,(H,14,15)(H,16,17). The second kappa shape index (κ2) is 8.12. The number of ether oxygens (including phenoxy) is 2. The van der Waals surface area contributed by atoms with E-state index in [0.29, 0.717) is 19.8 Å². The Morgan fingerprint density at radius 3 is 2.58 bits per heavy atom. The fourth-order valence-electron chi connectivity index (χ4n) is 2.23. The molecule has 19 heavy (non-hydrogen) atoms. The fourth-order valence-corrected chi connectivity index (χ4v) is 2.23. The Morgan fingerprint density at radius 2 is 2.05 bits per heavy atom. The molecule has 1 rings (SSSR count). The lowest BCUT2D eigenvalue weighted by molar-refractivity contribution is -0.143. The molecule has 2 N–H and O–H groups in total. The van der Waals surface area contributed by atoms with Gasteiger partial charge in [0, 0.05) is 39.3 Å². The molecule has 1 fully saturated rings. The van der Waals surface area contributed by atoms with Crippen LogP contribution in [0.15, 0.2) is 0 Å². The number of carbonyl (C=O) groups is 2. The molecule has 0 bridgehead atoms. The summed E-state index contributed by atoms with van der Waals surface area (Å²) in [5, 5.41) is 11.6. The molecule has 6 nitrogen and oxygen atoms in total. The second-order valence-corrected chi connectivity index (χ2v) is 4.92. The number of carbonyl (C=O) groups excluding carboxylic acids is 1. The highest BCUT2D eigenvalue weighted by Crippen LogP contribution is 2.23. The zero-order valence-electron chi connectivity index (χ0n) is 11.6. The van der Waals surface area contributed by atoms with Gasteiger partial charge in [0.25, 0.3) is 0 Å². The molecule has 1 aliphatic rings. The van der Waals surface area contributed by atoms with Gasteiger partial charge in [0.05, 0.1) is 0 Å². The molecule has 2 atom stereocenters. The summed E-state index contributed by atoms with van der Waals surface area (Å²) in [6.07, 6.45) is 1.98. The maximum absolute atomic E-state index is 12.1. The molecule has 6 heteroatoms. The molecule has 0 aromatic carbocycles. The first-order chi connectivity index (χ1) is 9.06. The van der Waals surface area contributed by atoms with E-state index in [1.807, 2.05) is 6.92 Å². The third-order valence-electron chi connectivity index (χ3n) is 3.61. The van der Waals surface area contributed by atoms with Gasteiger partial charge in [0.1, 0.15) is 6.04 Å². The number of methoxy groups -OCH3 is 1. The van der Waals surface area contributed by atoms with E-state index in [1.54, 1.807) is 0 Å². The van der Waals surface area contributed by atoms with Crippen LogP contribution in [0.1, 0.15) is 26.2 Å². The number of aliphatic carboxylic acids is 1. The molecule has 0 aromatic heterocycles. The van der Waals surface area contributed by atoms with Crippen LogP contribution in [-0.4, -0.2) is 50.0 Å². The fraction of sp³-hybridized carbons (Fsp3) is 0.846. The highest BCUT2D eigenvalue weighted by Gasteiger charge is 2.28. The van der Waals surface area contributed by atoms with Crippen molar-refractivity contribution in [2.45, 2.75) is 32.2 Å². The molecule has 1 saturated heterocycles. The van der Waals surface area contributed by atoms with Crippen LogP contribution in [0.3, 0.4) is 0 Å². The van der Waals surface area contributed by atoms with Crippen molar-refractivity contribution in [1.82, 2.24) is 5.32 Å². The second-order valence-electron chi connectivity index (χ2n) is 4.92. The molecule has 0 saturated carbocycles. The first kappa shape index (κ1) is 15.9. The molecular weight excluding hydrogens is 250 g/mol. The Balaban J connectivity index is 2.47. The van der Waals surface area contributed by atoms with Crippen LogP contribution in [0.4, 0.5) is 0 Å². The van der Waals surface area contributed by atoms with E-state index in [4.69, 9.17) is 14.6 Å². The minimum Gasteiger partial charge on any atom is -0.480 e. The lowest BCUT2D eigenvalue weighted by Crippen LogP contribution is -2.45. The summed E-state index contributed by atoms with van der Waals surface area (Å²) in [7, 11) is 1.51. The minimum absolute atomic E-state index is 0.187. The monoisotopic (exact) mass is 273 g/mol. The van der Waals surface area contributed by atoms with Crippen molar-refractivity contribution in [3.8, 4) is 0 Å². The predicted octanol–water partition coefficient (Wildman–Crippen LogP) is 0.655. The quantitative estimate of drug-likeness (QED) is 0.711. The van der Waals surface area contributed by atoms with E-state index in [9.17, 15) is 9.59 Å². The SMILES string of the molecule is COCCC(NC(=O)C(C)C1CCOCC1)C(=O)O. The number of carboxylic acid groups (broad SMARTS) is 1. The average Bonchev–Trinajstić information content (AvgIpc) is 2.43. The molecule has 0 radical (unpaired) electrons. The summed E-state index contributed by atoms with van der Waals surface area (Å²) in [6.45, 7) is 3.51. The highest BCUT2D eigenvalue weighted by atomic mass is 16.5. The van der Waals surface area contributed by atoms with Crippen molar-refractivity contribution >= 4 is 11.9 Å². The Kier molecular flexibility index (Phi) is 6.80. The smallest absolute Gasteiger partial charge is 0.326 e. The Hall–Kier alpha value is -1.14. The van der Waals surface area contributed by atoms with Gasteiger partial charge in [-0.05, 0) is 18.8 Å². The van der Waals surface area contributed by atoms with Crippen molar-refractivity contribution < 1.29 is 24.2 Å². The van der Waals surface area contributed by atoms with E-state index in [1.165, 1.54) is 7.11 Å². The summed E-state index contributed by atoms with van der Waals surface area (Å²) >= 11 is 0. The molecule has 1 aliphatic heterocycles. The zero-order chi connectivity index (χ0) is 14.3. The van der Waals surface area contributed by atoms with Crippen molar-refractivity contribution in [2.75, 3.05) is 26.9 Å². The normalized spacial score (nSPS) is 19.7. The number of carboxylic acids is 1. The maximum atomic E-state index is 12.1. The van der Waals surface area contributed by atoms with Crippen LogP contribution in [-0.2, 0) is 19.1 Å². The van der Waals surface area contributed by atoms with E-state index >= 15 is 0 Å². The van der Waals surface area contributed by atoms with Crippen molar-refractivity contribution in [2.24, 2.45) is 11.8 Å². The number of hydrogen-bond acceptors (Lipinski definition) is 4. The number of nitrogens with one attached hydrogen (secondary N) is 1. The van der Waals surface area contributed by atoms with Crippen LogP contribution < -0.4 is 5.32 Å². The van der Waals surface area contributed by atoms with Crippen LogP contribution >= 0.6 is 0 Å². The summed E-state index contributed by atoms with van der Waals surface area (Å²) in [5.41, 5.74) is 0. The third-order valence-corrected chi connectivity index (χ3v) is 3.61. The van der Waals surface area contributed by atoms with Crippen LogP contribution in [0.25, 0.3) is 0 Å². The van der Waals surface area contributed by atoms with Gasteiger partial charge in [0.15, 0.2) is 0 Å². The van der Waals surface area contributed by atoms with Gasteiger partial charge in [-0.1, -0.05) is 6.92 Å². The van der Waals surface area contributed by atoms with Crippen molar-refractivity contribution in [3.63, 3.8) is 0 Å². The van der Waals surface area contributed by atoms with E-state index < -0.39 is 12.0 Å². The Morgan fingerprint density at radius 1 is 1.42 bits per heavy atom. The molecule has 0 spiro atoms. The molecule has 2 unspecified atom stereocenters. The lowest BCUT2D eigenvalue weighted by atomic mass is 9.86. The van der Waals surface area contributed by atoms with Crippen molar-refractivity contribution in [1.29, 1.82) is 0 Å². The lowest BCUT2D eigenvalue weighted by Gasteiger charge is -2.28. The average molecular weight is 273 g/mol. The number of amides is 1. The van der Waals surface area contributed by atoms with Crippen LogP contribution in [0.5, 0.6) is 0 Å². The first-order valence-electron chi connectivity index (χ1n) is 6.66. The van der Waals surface area contributed by atoms with Crippen LogP contribution in [0, 0.1) is 11.8 Å². The van der Waals surface area contributed by atoms with E-state index in [-0.39, 0.29) is 24.2 Å². The zero-order valence-corrected chi connectivity index (χ0v) is 11.6. The molecule has 110 valence electrons. The van der Waals surface area contributed by atoms with Gasteiger partial charge in [-0.25, -0.2) is 4.79 Å². The van der Waals surface area contributed by atoms with Crippen LogP contribution in [0.2, 0.25) is 0 Å². The molecule has 0 aliphatic carbocycles. The Labute approximate surface area is 113 Å². The molecule has 1 amide bonds. The summed E-state index contributed by atoms with van der Waals surface area (Å²) in [5.74, 6) is -1.14. The van der Waals surface area contributed by atoms with Gasteiger partial charge in [-0.15, -0.1) is 0 Å². The van der Waals surface area contributed by atoms with E-state index in [2.05, 4.69) is 5.32 Å². The minimum atomic E-state index is -1.02. The summed E-state index contributed by atoms with van der Waals surface area (Å²) in [6, 6.07) is -0.880. The number of rotatable bonds is 7. The summed E-state index contributed by atoms with van der Waals surface area (Å²) < 4.78 is 10.1. The summed E-state index contributed by atoms with van der Waals surface area (Å²) in [4.78, 5) is 23.1. The number of hydrogen-bond donors (Lipinski definition) is 2. The first-order valence-corrected chi connectivity index (χ1v) is 6.66. The largest absolute Gasteiger partial charge is 0.480 e.